The van der Waals surface area contributed by atoms with Crippen LogP contribution in [0.1, 0.15) is 50.5 Å². The Balaban J connectivity index is -0.0000000760. The van der Waals surface area contributed by atoms with Gasteiger partial charge in [0.15, 0.2) is 0 Å². The van der Waals surface area contributed by atoms with Crippen LogP contribution in [0.4, 0.5) is 5.69 Å². The molecule has 0 fully saturated rings. The van der Waals surface area contributed by atoms with Crippen molar-refractivity contribution in [2.24, 2.45) is 4.99 Å². The summed E-state index contributed by atoms with van der Waals surface area (Å²) in [5.74, 6) is 0. The van der Waals surface area contributed by atoms with Crippen molar-refractivity contribution in [2.75, 3.05) is 0 Å². The molecule has 1 nitrogen and oxygen atoms in total. The Morgan fingerprint density at radius 2 is 1.35 bits per heavy atom. The van der Waals surface area contributed by atoms with Gasteiger partial charge >= 0.3 is 0 Å². The molecule has 0 atom stereocenters. The van der Waals surface area contributed by atoms with E-state index in [9.17, 15) is 0 Å². The van der Waals surface area contributed by atoms with Gasteiger partial charge in [-0.15, -0.1) is 0 Å². The number of para-hydroxylation sites is 1. The zero-order chi connectivity index (χ0) is 9.94. The van der Waals surface area contributed by atoms with Gasteiger partial charge in [-0.25, -0.2) is 0 Å². The predicted molar refractivity (Wildman–Crippen MR) is 87.7 cm³/mol. The minimum Gasteiger partial charge on any atom is -0.257 e. The Kier molecular flexibility index (Phi) is 41.9. The van der Waals surface area contributed by atoms with E-state index in [0.29, 0.717) is 0 Å². The minimum absolute atomic E-state index is 0. The van der Waals surface area contributed by atoms with Gasteiger partial charge in [0.05, 0.1) is 5.69 Å². The molecule has 0 radical (unpaired) electrons. The highest BCUT2D eigenvalue weighted by Gasteiger charge is 1.79. The lowest BCUT2D eigenvalue weighted by Crippen LogP contribution is -1.64. The van der Waals surface area contributed by atoms with Gasteiger partial charge < -0.3 is 0 Å². The van der Waals surface area contributed by atoms with Crippen LogP contribution in [0.3, 0.4) is 0 Å². The second-order valence-corrected chi connectivity index (χ2v) is 2.14. The molecule has 1 heteroatoms. The third kappa shape index (κ3) is 17.3. The van der Waals surface area contributed by atoms with Crippen molar-refractivity contribution >= 4 is 11.9 Å². The fourth-order valence-electron chi connectivity index (χ4n) is 0.729. The molecule has 0 spiro atoms. The molecule has 0 aliphatic carbocycles. The molecule has 0 amide bonds. The monoisotopic (exact) mass is 239 g/mol. The maximum Gasteiger partial charge on any atom is 0.0629 e. The Morgan fingerprint density at radius 1 is 0.882 bits per heavy atom. The number of hydrogen-bond donors (Lipinski definition) is 0. The van der Waals surface area contributed by atoms with E-state index < -0.39 is 0 Å². The van der Waals surface area contributed by atoms with Crippen LogP contribution in [0.2, 0.25) is 0 Å². The summed E-state index contributed by atoms with van der Waals surface area (Å²) in [7, 11) is 0. The molecule has 0 unspecified atom stereocenters. The second kappa shape index (κ2) is 24.1. The summed E-state index contributed by atoms with van der Waals surface area (Å²) < 4.78 is 0. The van der Waals surface area contributed by atoms with E-state index in [0.717, 1.165) is 5.69 Å². The summed E-state index contributed by atoms with van der Waals surface area (Å²) in [4.78, 5) is 4.18. The lowest BCUT2D eigenvalue weighted by atomic mass is 10.3. The molecular formula is C16H33N. The van der Waals surface area contributed by atoms with Crippen LogP contribution in [-0.4, -0.2) is 6.21 Å². The minimum atomic E-state index is 0. The third-order valence-corrected chi connectivity index (χ3v) is 1.26. The molecule has 1 aromatic carbocycles. The van der Waals surface area contributed by atoms with Crippen LogP contribution in [0.25, 0.3) is 0 Å². The van der Waals surface area contributed by atoms with Crippen molar-refractivity contribution in [3.63, 3.8) is 0 Å². The van der Waals surface area contributed by atoms with Gasteiger partial charge in [-0.2, -0.15) is 0 Å². The molecule has 0 saturated heterocycles. The van der Waals surface area contributed by atoms with E-state index >= 15 is 0 Å². The van der Waals surface area contributed by atoms with E-state index in [4.69, 9.17) is 0 Å². The summed E-state index contributed by atoms with van der Waals surface area (Å²) in [5.41, 5.74) is 0.991. The van der Waals surface area contributed by atoms with Crippen LogP contribution in [-0.2, 0) is 0 Å². The molecule has 0 aromatic heterocycles. The van der Waals surface area contributed by atoms with Crippen molar-refractivity contribution < 1.29 is 0 Å². The van der Waals surface area contributed by atoms with Crippen LogP contribution in [0, 0.1) is 0 Å². The first kappa shape index (κ1) is 29.6. The zero-order valence-corrected chi connectivity index (χ0v) is 8.57. The maximum absolute atomic E-state index is 4.18. The highest BCUT2D eigenvalue weighted by Crippen LogP contribution is 2.07. The number of allylic oxidation sites excluding steroid dienone is 2. The number of benzene rings is 1. The standard InChI is InChI=1S/C10H11N.C2H6.4CH4/c1-2-3-9-11-10-7-5-4-6-8-10;1-2;;;;/h2-9H,1H3;1-2H3;4*1H4. The summed E-state index contributed by atoms with van der Waals surface area (Å²) in [6.45, 7) is 5.97. The smallest absolute Gasteiger partial charge is 0.0629 e. The van der Waals surface area contributed by atoms with Gasteiger partial charge in [0, 0.05) is 6.21 Å². The first-order valence-corrected chi connectivity index (χ1v) is 4.64. The number of rotatable bonds is 2. The van der Waals surface area contributed by atoms with Crippen LogP contribution < -0.4 is 0 Å². The molecule has 1 aromatic rings. The fourth-order valence-corrected chi connectivity index (χ4v) is 0.729. The normalized spacial score (nSPS) is 7.71. The first-order chi connectivity index (χ1) is 6.43. The van der Waals surface area contributed by atoms with Gasteiger partial charge in [-0.1, -0.05) is 67.8 Å². The second-order valence-electron chi connectivity index (χ2n) is 2.14. The number of nitrogens with zero attached hydrogens (tertiary/aromatic N) is 1. The van der Waals surface area contributed by atoms with E-state index in [2.05, 4.69) is 4.99 Å². The van der Waals surface area contributed by atoms with E-state index in [1.54, 1.807) is 6.21 Å². The largest absolute Gasteiger partial charge is 0.257 e. The lowest BCUT2D eigenvalue weighted by molar-refractivity contribution is 1.50. The molecule has 0 aliphatic heterocycles. The van der Waals surface area contributed by atoms with Crippen molar-refractivity contribution in [1.29, 1.82) is 0 Å². The van der Waals surface area contributed by atoms with Crippen molar-refractivity contribution in [1.82, 2.24) is 0 Å². The van der Waals surface area contributed by atoms with E-state index in [1.807, 2.05) is 63.3 Å². The van der Waals surface area contributed by atoms with Gasteiger partial charge in [0.2, 0.25) is 0 Å². The average molecular weight is 239 g/mol. The van der Waals surface area contributed by atoms with Gasteiger partial charge in [-0.05, 0) is 25.1 Å². The molecule has 0 heterocycles. The SMILES string of the molecule is C.C.C.C.CC.CC=CC=Nc1ccccc1. The molecule has 17 heavy (non-hydrogen) atoms. The number of hydrogen-bond acceptors (Lipinski definition) is 1. The molecule has 1 rings (SSSR count). The van der Waals surface area contributed by atoms with Crippen molar-refractivity contribution in [2.45, 2.75) is 50.5 Å². The predicted octanol–water partition coefficient (Wildman–Crippen LogP) is 6.54. The van der Waals surface area contributed by atoms with E-state index in [-0.39, 0.29) is 29.7 Å². The van der Waals surface area contributed by atoms with Crippen LogP contribution in [0.5, 0.6) is 0 Å². The van der Waals surface area contributed by atoms with Gasteiger partial charge in [0.1, 0.15) is 0 Å². The summed E-state index contributed by atoms with van der Waals surface area (Å²) in [5, 5.41) is 0. The summed E-state index contributed by atoms with van der Waals surface area (Å²) in [6, 6.07) is 9.87. The Labute approximate surface area is 110 Å². The highest BCUT2D eigenvalue weighted by atomic mass is 14.7. The van der Waals surface area contributed by atoms with Crippen molar-refractivity contribution in [3.05, 3.63) is 42.5 Å². The molecule has 0 N–H and O–H groups in total. The third-order valence-electron chi connectivity index (χ3n) is 1.26. The zero-order valence-electron chi connectivity index (χ0n) is 8.57. The van der Waals surface area contributed by atoms with Gasteiger partial charge in [-0.3, -0.25) is 4.99 Å². The van der Waals surface area contributed by atoms with Gasteiger partial charge in [0.25, 0.3) is 0 Å². The first-order valence-electron chi connectivity index (χ1n) is 4.64. The van der Waals surface area contributed by atoms with E-state index in [1.165, 1.54) is 0 Å². The Bertz CT molecular complexity index is 247. The molecular weight excluding hydrogens is 206 g/mol. The highest BCUT2D eigenvalue weighted by molar-refractivity contribution is 5.74. The number of aliphatic imine (C=N–C) groups is 1. The molecule has 0 bridgehead atoms. The Hall–Kier alpha value is -1.37. The molecule has 0 saturated carbocycles. The summed E-state index contributed by atoms with van der Waals surface area (Å²) in [6.07, 6.45) is 5.65. The van der Waals surface area contributed by atoms with Crippen LogP contribution in [0.15, 0.2) is 47.5 Å². The molecule has 102 valence electrons. The van der Waals surface area contributed by atoms with Crippen molar-refractivity contribution in [3.8, 4) is 0 Å². The average Bonchev–Trinajstić information content (AvgIpc) is 2.23. The topological polar surface area (TPSA) is 12.4 Å². The fraction of sp³-hybridized carbons (Fsp3) is 0.438. The van der Waals surface area contributed by atoms with Crippen LogP contribution >= 0.6 is 0 Å². The quantitative estimate of drug-likeness (QED) is 0.520. The molecule has 0 aliphatic rings. The maximum atomic E-state index is 4.18. The Morgan fingerprint density at radius 3 is 1.76 bits per heavy atom. The lowest BCUT2D eigenvalue weighted by Gasteiger charge is -1.87. The summed E-state index contributed by atoms with van der Waals surface area (Å²) >= 11 is 0.